The molecule has 0 rings (SSSR count). The summed E-state index contributed by atoms with van der Waals surface area (Å²) < 4.78 is 0. The predicted octanol–water partition coefficient (Wildman–Crippen LogP) is -1.44. The van der Waals surface area contributed by atoms with Gasteiger partial charge in [0.1, 0.15) is 0 Å². The molecule has 15 heavy (non-hydrogen) atoms. The van der Waals surface area contributed by atoms with E-state index in [1.54, 1.807) is 0 Å². The maximum absolute atomic E-state index is 9.00. The molecule has 2 amide bonds. The van der Waals surface area contributed by atoms with Crippen LogP contribution < -0.4 is 11.5 Å². The van der Waals surface area contributed by atoms with Gasteiger partial charge in [0.15, 0.2) is 0 Å². The minimum Gasteiger partial charge on any atom is -0.356 e. The van der Waals surface area contributed by atoms with Crippen LogP contribution in [0.5, 0.6) is 0 Å². The first-order valence-corrected chi connectivity index (χ1v) is 2.08. The molecule has 0 aromatic carbocycles. The minimum atomic E-state index is -1.75. The van der Waals surface area contributed by atoms with E-state index < -0.39 is 16.2 Å². The summed E-state index contributed by atoms with van der Waals surface area (Å²) in [5.74, 6) is 0. The van der Waals surface area contributed by atoms with E-state index >= 15 is 0 Å². The molecule has 0 spiro atoms. The van der Waals surface area contributed by atoms with Crippen molar-refractivity contribution in [3.8, 4) is 0 Å². The molecule has 14 heteroatoms. The second-order valence-electron chi connectivity index (χ2n) is 0.850. The molecule has 0 aromatic rings. The van der Waals surface area contributed by atoms with E-state index in [1.165, 1.54) is 0 Å². The summed E-state index contributed by atoms with van der Waals surface area (Å²) in [6, 6.07) is -0.833. The molecular formula is CH6N4O9Zn. The number of primary amides is 2. The minimum absolute atomic E-state index is 0. The van der Waals surface area contributed by atoms with Crippen molar-refractivity contribution in [3.63, 3.8) is 0 Å². The fraction of sp³-hybridized carbons (Fsp3) is 0. The summed E-state index contributed by atoms with van der Waals surface area (Å²) in [6.07, 6.45) is 0. The Kier molecular flexibility index (Phi) is 57.5. The van der Waals surface area contributed by atoms with E-state index in [0.717, 1.165) is 0 Å². The van der Waals surface area contributed by atoms with Crippen molar-refractivity contribution in [1.82, 2.24) is 0 Å². The van der Waals surface area contributed by atoms with Crippen molar-refractivity contribution in [2.24, 2.45) is 11.5 Å². The van der Waals surface area contributed by atoms with Gasteiger partial charge in [0.2, 0.25) is 0 Å². The summed E-state index contributed by atoms with van der Waals surface area (Å²) in [4.78, 5) is 25.5. The average Bonchev–Trinajstić information content (AvgIpc) is 1.86. The predicted molar refractivity (Wildman–Crippen MR) is 39.8 cm³/mol. The van der Waals surface area contributed by atoms with Gasteiger partial charge in [-0.15, -0.1) is 0 Å². The van der Waals surface area contributed by atoms with Crippen LogP contribution >= 0.6 is 0 Å². The van der Waals surface area contributed by atoms with Gasteiger partial charge in [-0.3, -0.25) is 10.5 Å². The first-order chi connectivity index (χ1) is 6.20. The fourth-order valence-corrected chi connectivity index (χ4v) is 0. The molecule has 0 heterocycles. The zero-order valence-corrected chi connectivity index (χ0v) is 9.98. The summed E-state index contributed by atoms with van der Waals surface area (Å²) in [7, 11) is 0. The summed E-state index contributed by atoms with van der Waals surface area (Å²) in [5.41, 5.74) is 8.50. The van der Waals surface area contributed by atoms with E-state index in [9.17, 15) is 0 Å². The van der Waals surface area contributed by atoms with Gasteiger partial charge in [0.25, 0.3) is 0 Å². The van der Waals surface area contributed by atoms with Crippen molar-refractivity contribution in [3.05, 3.63) is 30.6 Å². The zero-order valence-electron chi connectivity index (χ0n) is 7.01. The number of nitrogens with zero attached hydrogens (tertiary/aromatic N) is 2. The molecule has 0 aliphatic rings. The molecule has 6 N–H and O–H groups in total. The number of amides is 2. The topological polar surface area (TPSA) is 242 Å². The van der Waals surface area contributed by atoms with Crippen LogP contribution in [0.15, 0.2) is 0 Å². The van der Waals surface area contributed by atoms with E-state index in [2.05, 4.69) is 11.5 Å². The molecular weight excluding hydrogens is 277 g/mol. The van der Waals surface area contributed by atoms with Crippen molar-refractivity contribution < 1.29 is 45.0 Å². The summed E-state index contributed by atoms with van der Waals surface area (Å²) in [6.45, 7) is 0. The molecule has 0 saturated heterocycles. The van der Waals surface area contributed by atoms with Crippen LogP contribution in [-0.4, -0.2) is 26.7 Å². The average molecular weight is 283 g/mol. The largest absolute Gasteiger partial charge is 2.00 e. The third-order valence-electron chi connectivity index (χ3n) is 0. The number of carbonyl (C=O) groups excluding carboxylic acids is 1. The third kappa shape index (κ3) is 399. The third-order valence-corrected chi connectivity index (χ3v) is 0. The number of urea groups is 1. The van der Waals surface area contributed by atoms with Gasteiger partial charge in [-0.05, 0) is 0 Å². The Bertz CT molecular complexity index is 120. The first kappa shape index (κ1) is 29.2. The molecule has 0 atom stereocenters. The standard InChI is InChI=1S/CH4N2O.2NO3.H2O2.Zn/c3*2-1(3)4;1-2;/h(H4,2,3,4);;;1-2H;/q;2*-1;;+2. The number of carbonyl (C=O) groups is 1. The molecule has 86 valence electrons. The van der Waals surface area contributed by atoms with E-state index in [1.807, 2.05) is 0 Å². The zero-order chi connectivity index (χ0) is 12.7. The fourth-order valence-electron chi connectivity index (χ4n) is 0. The second-order valence-corrected chi connectivity index (χ2v) is 0.850. The quantitative estimate of drug-likeness (QED) is 0.175. The Morgan fingerprint density at radius 3 is 0.933 bits per heavy atom. The number of hydrogen-bond acceptors (Lipinski definition) is 9. The normalized spacial score (nSPS) is 5.20. The Morgan fingerprint density at radius 1 is 0.933 bits per heavy atom. The molecule has 0 aliphatic heterocycles. The van der Waals surface area contributed by atoms with E-state index in [-0.39, 0.29) is 19.5 Å². The SMILES string of the molecule is NC(N)=O.O=[N+]([O-])[O-].O=[N+]([O-])[O-].OO.[Zn+2]. The molecule has 0 aliphatic carbocycles. The van der Waals surface area contributed by atoms with Crippen LogP contribution in [0.4, 0.5) is 4.79 Å². The van der Waals surface area contributed by atoms with Crippen molar-refractivity contribution in [2.45, 2.75) is 0 Å². The van der Waals surface area contributed by atoms with Gasteiger partial charge < -0.3 is 42.1 Å². The summed E-state index contributed by atoms with van der Waals surface area (Å²) in [5, 5.41) is 41.5. The molecule has 0 bridgehead atoms. The van der Waals surface area contributed by atoms with Crippen LogP contribution in [0.1, 0.15) is 0 Å². The molecule has 13 nitrogen and oxygen atoms in total. The van der Waals surface area contributed by atoms with Gasteiger partial charge in [-0.2, -0.15) is 0 Å². The van der Waals surface area contributed by atoms with Crippen molar-refractivity contribution in [1.29, 1.82) is 0 Å². The monoisotopic (exact) mass is 282 g/mol. The van der Waals surface area contributed by atoms with Gasteiger partial charge in [0, 0.05) is 0 Å². The number of nitrogens with two attached hydrogens (primary N) is 2. The van der Waals surface area contributed by atoms with Crippen LogP contribution in [0.2, 0.25) is 0 Å². The number of rotatable bonds is 0. The van der Waals surface area contributed by atoms with Crippen LogP contribution in [0.25, 0.3) is 0 Å². The van der Waals surface area contributed by atoms with Crippen LogP contribution in [0, 0.1) is 30.6 Å². The molecule has 0 unspecified atom stereocenters. The first-order valence-electron chi connectivity index (χ1n) is 2.08. The maximum Gasteiger partial charge on any atom is 2.00 e. The second kappa shape index (κ2) is 29.5. The van der Waals surface area contributed by atoms with Gasteiger partial charge >= 0.3 is 25.5 Å². The molecule has 0 radical (unpaired) electrons. The van der Waals surface area contributed by atoms with E-state index in [4.69, 9.17) is 46.0 Å². The van der Waals surface area contributed by atoms with Gasteiger partial charge in [-0.25, -0.2) is 4.79 Å². The Morgan fingerprint density at radius 2 is 0.933 bits per heavy atom. The molecule has 0 aromatic heterocycles. The van der Waals surface area contributed by atoms with Gasteiger partial charge in [-0.1, -0.05) is 0 Å². The van der Waals surface area contributed by atoms with Crippen LogP contribution in [0.3, 0.4) is 0 Å². The summed E-state index contributed by atoms with van der Waals surface area (Å²) >= 11 is 0. The Labute approximate surface area is 93.8 Å². The van der Waals surface area contributed by atoms with E-state index in [0.29, 0.717) is 0 Å². The smallest absolute Gasteiger partial charge is 0.356 e. The Hall–Kier alpha value is -1.79. The molecule has 0 saturated carbocycles. The van der Waals surface area contributed by atoms with Gasteiger partial charge in [0.05, 0.1) is 10.2 Å². The number of hydrogen-bond donors (Lipinski definition) is 4. The van der Waals surface area contributed by atoms with Crippen molar-refractivity contribution in [2.75, 3.05) is 0 Å². The van der Waals surface area contributed by atoms with Crippen LogP contribution in [-0.2, 0) is 19.5 Å². The maximum atomic E-state index is 9.00. The Balaban J connectivity index is -0.0000000298. The molecule has 0 fully saturated rings. The van der Waals surface area contributed by atoms with Crippen molar-refractivity contribution >= 4 is 6.03 Å².